The SMILES string of the molecule is C[C@H](NC(=O)[C@H]1C[C@H](COc2ccccc2)CN1)C(=O)NCc1ccc(C(=N)N)cc1. The molecule has 6 N–H and O–H groups in total. The molecule has 1 heterocycles. The monoisotopic (exact) mass is 423 g/mol. The van der Waals surface area contributed by atoms with Gasteiger partial charge in [0.15, 0.2) is 0 Å². The minimum Gasteiger partial charge on any atom is -0.493 e. The molecule has 164 valence electrons. The lowest BCUT2D eigenvalue weighted by molar-refractivity contribution is -0.129. The van der Waals surface area contributed by atoms with Crippen molar-refractivity contribution in [3.05, 3.63) is 65.7 Å². The zero-order chi connectivity index (χ0) is 22.2. The largest absolute Gasteiger partial charge is 0.493 e. The average molecular weight is 424 g/mol. The Morgan fingerprint density at radius 2 is 1.90 bits per heavy atom. The van der Waals surface area contributed by atoms with Crippen molar-refractivity contribution in [3.8, 4) is 5.75 Å². The number of carbonyl (C=O) groups is 2. The van der Waals surface area contributed by atoms with Crippen LogP contribution in [0.1, 0.15) is 24.5 Å². The number of ether oxygens (including phenoxy) is 1. The molecule has 1 saturated heterocycles. The maximum Gasteiger partial charge on any atom is 0.242 e. The summed E-state index contributed by atoms with van der Waals surface area (Å²) in [5.41, 5.74) is 6.95. The fourth-order valence-corrected chi connectivity index (χ4v) is 3.39. The Morgan fingerprint density at radius 3 is 2.58 bits per heavy atom. The van der Waals surface area contributed by atoms with Crippen LogP contribution in [0, 0.1) is 11.3 Å². The van der Waals surface area contributed by atoms with Crippen LogP contribution in [0.4, 0.5) is 0 Å². The van der Waals surface area contributed by atoms with E-state index in [4.69, 9.17) is 15.9 Å². The molecule has 0 unspecified atom stereocenters. The Bertz CT molecular complexity index is 901. The lowest BCUT2D eigenvalue weighted by Crippen LogP contribution is -2.49. The molecule has 8 nitrogen and oxygen atoms in total. The minimum atomic E-state index is -0.648. The van der Waals surface area contributed by atoms with Gasteiger partial charge >= 0.3 is 0 Å². The lowest BCUT2D eigenvalue weighted by atomic mass is 10.1. The van der Waals surface area contributed by atoms with Crippen molar-refractivity contribution in [2.75, 3.05) is 13.2 Å². The van der Waals surface area contributed by atoms with Crippen molar-refractivity contribution in [1.82, 2.24) is 16.0 Å². The van der Waals surface area contributed by atoms with Gasteiger partial charge in [-0.3, -0.25) is 15.0 Å². The normalized spacial score (nSPS) is 18.7. The first-order chi connectivity index (χ1) is 14.9. The topological polar surface area (TPSA) is 129 Å². The summed E-state index contributed by atoms with van der Waals surface area (Å²) < 4.78 is 5.78. The van der Waals surface area contributed by atoms with Gasteiger partial charge in [-0.15, -0.1) is 0 Å². The van der Waals surface area contributed by atoms with E-state index in [9.17, 15) is 9.59 Å². The molecule has 0 saturated carbocycles. The van der Waals surface area contributed by atoms with Crippen molar-refractivity contribution < 1.29 is 14.3 Å². The maximum atomic E-state index is 12.5. The molecule has 1 aliphatic rings. The lowest BCUT2D eigenvalue weighted by Gasteiger charge is -2.17. The molecule has 0 aliphatic carbocycles. The van der Waals surface area contributed by atoms with Crippen LogP contribution >= 0.6 is 0 Å². The van der Waals surface area contributed by atoms with E-state index in [0.717, 1.165) is 11.3 Å². The Morgan fingerprint density at radius 1 is 1.19 bits per heavy atom. The van der Waals surface area contributed by atoms with E-state index >= 15 is 0 Å². The third-order valence-corrected chi connectivity index (χ3v) is 5.25. The first kappa shape index (κ1) is 22.3. The molecule has 3 atom stereocenters. The van der Waals surface area contributed by atoms with Gasteiger partial charge in [-0.1, -0.05) is 42.5 Å². The fraction of sp³-hybridized carbons (Fsp3) is 0.348. The van der Waals surface area contributed by atoms with Gasteiger partial charge in [0.25, 0.3) is 0 Å². The number of nitrogens with two attached hydrogens (primary N) is 1. The van der Waals surface area contributed by atoms with Gasteiger partial charge in [-0.25, -0.2) is 0 Å². The molecule has 0 bridgehead atoms. The molecule has 2 amide bonds. The second kappa shape index (κ2) is 10.6. The molecule has 2 aromatic rings. The number of amides is 2. The summed E-state index contributed by atoms with van der Waals surface area (Å²) in [6.07, 6.45) is 0.662. The van der Waals surface area contributed by atoms with Crippen LogP contribution in [-0.4, -0.2) is 42.9 Å². The Kier molecular flexibility index (Phi) is 7.61. The van der Waals surface area contributed by atoms with E-state index in [1.54, 1.807) is 31.2 Å². The van der Waals surface area contributed by atoms with E-state index in [0.29, 0.717) is 31.7 Å². The Balaban J connectivity index is 1.39. The van der Waals surface area contributed by atoms with Gasteiger partial charge in [-0.2, -0.15) is 0 Å². The summed E-state index contributed by atoms with van der Waals surface area (Å²) in [5.74, 6) is 0.609. The number of nitrogen functional groups attached to an aromatic ring is 1. The van der Waals surface area contributed by atoms with Crippen LogP contribution in [0.15, 0.2) is 54.6 Å². The molecule has 31 heavy (non-hydrogen) atoms. The summed E-state index contributed by atoms with van der Waals surface area (Å²) in [6.45, 7) is 3.23. The number of para-hydroxylation sites is 1. The van der Waals surface area contributed by atoms with Gasteiger partial charge in [-0.05, 0) is 31.0 Å². The first-order valence-electron chi connectivity index (χ1n) is 10.3. The molecule has 1 fully saturated rings. The number of benzene rings is 2. The average Bonchev–Trinajstić information content (AvgIpc) is 3.26. The summed E-state index contributed by atoms with van der Waals surface area (Å²) >= 11 is 0. The van der Waals surface area contributed by atoms with Crippen LogP contribution < -0.4 is 26.4 Å². The van der Waals surface area contributed by atoms with Gasteiger partial charge in [0.1, 0.15) is 17.6 Å². The van der Waals surface area contributed by atoms with Crippen molar-refractivity contribution in [3.63, 3.8) is 0 Å². The van der Waals surface area contributed by atoms with Crippen LogP contribution in [0.5, 0.6) is 5.75 Å². The minimum absolute atomic E-state index is 0.00121. The molecule has 0 spiro atoms. The number of hydrogen-bond acceptors (Lipinski definition) is 5. The molecule has 1 aliphatic heterocycles. The number of nitrogens with one attached hydrogen (secondary N) is 4. The maximum absolute atomic E-state index is 12.5. The quantitative estimate of drug-likeness (QED) is 0.305. The van der Waals surface area contributed by atoms with Crippen LogP contribution in [-0.2, 0) is 16.1 Å². The Hall–Kier alpha value is -3.39. The second-order valence-electron chi connectivity index (χ2n) is 7.75. The summed E-state index contributed by atoms with van der Waals surface area (Å²) in [5, 5.41) is 16.2. The number of amidine groups is 1. The molecule has 8 heteroatoms. The predicted octanol–water partition coefficient (Wildman–Crippen LogP) is 1.15. The van der Waals surface area contributed by atoms with Crippen molar-refractivity contribution in [2.45, 2.75) is 32.0 Å². The zero-order valence-electron chi connectivity index (χ0n) is 17.6. The predicted molar refractivity (Wildman–Crippen MR) is 119 cm³/mol. The Labute approximate surface area is 182 Å². The highest BCUT2D eigenvalue weighted by Gasteiger charge is 2.31. The summed E-state index contributed by atoms with van der Waals surface area (Å²) in [4.78, 5) is 24.9. The van der Waals surface area contributed by atoms with Crippen molar-refractivity contribution in [1.29, 1.82) is 5.41 Å². The van der Waals surface area contributed by atoms with Gasteiger partial charge in [0, 0.05) is 24.6 Å². The van der Waals surface area contributed by atoms with Gasteiger partial charge in [0.2, 0.25) is 11.8 Å². The number of carbonyl (C=O) groups excluding carboxylic acids is 2. The van der Waals surface area contributed by atoms with Gasteiger partial charge in [0.05, 0.1) is 12.6 Å². The van der Waals surface area contributed by atoms with Crippen molar-refractivity contribution in [2.24, 2.45) is 11.7 Å². The second-order valence-corrected chi connectivity index (χ2v) is 7.75. The highest BCUT2D eigenvalue weighted by atomic mass is 16.5. The standard InChI is InChI=1S/C23H29N5O3/c1-15(22(29)27-12-16-7-9-18(10-8-16)21(24)25)28-23(30)20-11-17(13-26-20)14-31-19-5-3-2-4-6-19/h2-10,15,17,20,26H,11-14H2,1H3,(H3,24,25)(H,27,29)(H,28,30)/t15-,17-,20+/m0/s1. The highest BCUT2D eigenvalue weighted by molar-refractivity contribution is 5.95. The van der Waals surface area contributed by atoms with Crippen molar-refractivity contribution >= 4 is 17.6 Å². The smallest absolute Gasteiger partial charge is 0.242 e. The van der Waals surface area contributed by atoms with E-state index in [1.165, 1.54) is 0 Å². The molecule has 0 radical (unpaired) electrons. The fourth-order valence-electron chi connectivity index (χ4n) is 3.39. The number of hydrogen-bond donors (Lipinski definition) is 5. The van der Waals surface area contributed by atoms with E-state index < -0.39 is 6.04 Å². The summed E-state index contributed by atoms with van der Waals surface area (Å²) in [6, 6.07) is 15.7. The molecule has 0 aromatic heterocycles. The molecular weight excluding hydrogens is 394 g/mol. The highest BCUT2D eigenvalue weighted by Crippen LogP contribution is 2.17. The first-order valence-corrected chi connectivity index (χ1v) is 10.3. The third-order valence-electron chi connectivity index (χ3n) is 5.25. The molecular formula is C23H29N5O3. The number of rotatable bonds is 9. The van der Waals surface area contributed by atoms with Crippen LogP contribution in [0.25, 0.3) is 0 Å². The van der Waals surface area contributed by atoms with E-state index in [2.05, 4.69) is 16.0 Å². The third kappa shape index (κ3) is 6.55. The summed E-state index contributed by atoms with van der Waals surface area (Å²) in [7, 11) is 0. The van der Waals surface area contributed by atoms with Crippen LogP contribution in [0.2, 0.25) is 0 Å². The molecule has 3 rings (SSSR count). The zero-order valence-corrected chi connectivity index (χ0v) is 17.6. The van der Waals surface area contributed by atoms with E-state index in [1.807, 2.05) is 30.3 Å². The molecule has 2 aromatic carbocycles. The van der Waals surface area contributed by atoms with Crippen LogP contribution in [0.3, 0.4) is 0 Å². The van der Waals surface area contributed by atoms with Gasteiger partial charge < -0.3 is 26.4 Å². The van der Waals surface area contributed by atoms with E-state index in [-0.39, 0.29) is 29.6 Å².